The topological polar surface area (TPSA) is 86.3 Å². The predicted molar refractivity (Wildman–Crippen MR) is 100 cm³/mol. The molecule has 6 heteroatoms. The first-order chi connectivity index (χ1) is 12.8. The second-order valence-electron chi connectivity index (χ2n) is 9.05. The highest BCUT2D eigenvalue weighted by Gasteiger charge is 2.55. The van der Waals surface area contributed by atoms with Crippen LogP contribution in [0.3, 0.4) is 0 Å². The van der Waals surface area contributed by atoms with Gasteiger partial charge in [0.15, 0.2) is 0 Å². The van der Waals surface area contributed by atoms with Gasteiger partial charge in [0.05, 0.1) is 16.9 Å². The third-order valence-electron chi connectivity index (χ3n) is 6.98. The summed E-state index contributed by atoms with van der Waals surface area (Å²) in [4.78, 5) is 12.1. The number of carboxylic acids is 1. The number of carbonyl (C=O) groups is 1. The molecule has 5 nitrogen and oxygen atoms in total. The normalized spacial score (nSPS) is 33.1. The van der Waals surface area contributed by atoms with E-state index in [9.17, 15) is 18.3 Å². The summed E-state index contributed by atoms with van der Waals surface area (Å²) >= 11 is 0. The van der Waals surface area contributed by atoms with Gasteiger partial charge in [0.25, 0.3) is 0 Å². The third-order valence-corrected chi connectivity index (χ3v) is 8.42. The van der Waals surface area contributed by atoms with Crippen molar-refractivity contribution in [3.8, 4) is 0 Å². The molecule has 5 rings (SSSR count). The molecule has 0 aromatic heterocycles. The number of carboxylic acid groups (broad SMARTS) is 1. The Bertz CT molecular complexity index is 780. The van der Waals surface area contributed by atoms with E-state index in [4.69, 9.17) is 0 Å². The minimum atomic E-state index is -3.90. The number of aryl methyl sites for hydroxylation is 1. The molecular formula is C21H28NO4S-. The number of hydrogen-bond donors (Lipinski definition) is 1. The zero-order valence-corrected chi connectivity index (χ0v) is 16.6. The first kappa shape index (κ1) is 18.9. The van der Waals surface area contributed by atoms with E-state index < -0.39 is 27.4 Å². The lowest BCUT2D eigenvalue weighted by Crippen LogP contribution is -2.62. The van der Waals surface area contributed by atoms with Crippen LogP contribution in [0, 0.1) is 23.2 Å². The molecule has 4 aliphatic carbocycles. The SMILES string of the molecule is CCCc1ccc(S(=O)(=O)N[C@@H](C(=O)[O-])C23CC4CC(CC(C4)C2)C3)cc1. The van der Waals surface area contributed by atoms with Gasteiger partial charge in [-0.3, -0.25) is 0 Å². The second kappa shape index (κ2) is 6.89. The lowest BCUT2D eigenvalue weighted by Gasteiger charge is -2.59. The summed E-state index contributed by atoms with van der Waals surface area (Å²) < 4.78 is 28.3. The fourth-order valence-corrected chi connectivity index (χ4v) is 7.59. The van der Waals surface area contributed by atoms with Gasteiger partial charge in [0.1, 0.15) is 0 Å². The summed E-state index contributed by atoms with van der Waals surface area (Å²) in [6.45, 7) is 2.07. The Hall–Kier alpha value is -1.40. The number of benzene rings is 1. The molecule has 148 valence electrons. The van der Waals surface area contributed by atoms with Crippen LogP contribution in [0.1, 0.15) is 57.4 Å². The zero-order chi connectivity index (χ0) is 19.2. The average Bonchev–Trinajstić information content (AvgIpc) is 2.59. The van der Waals surface area contributed by atoms with Crippen LogP contribution in [0.25, 0.3) is 0 Å². The zero-order valence-electron chi connectivity index (χ0n) is 15.8. The molecule has 4 aliphatic rings. The van der Waals surface area contributed by atoms with E-state index in [0.717, 1.165) is 37.7 Å². The molecule has 0 unspecified atom stereocenters. The molecular weight excluding hydrogens is 362 g/mol. The van der Waals surface area contributed by atoms with E-state index in [1.54, 1.807) is 24.3 Å². The molecule has 1 N–H and O–H groups in total. The van der Waals surface area contributed by atoms with E-state index >= 15 is 0 Å². The smallest absolute Gasteiger partial charge is 0.241 e. The van der Waals surface area contributed by atoms with Crippen LogP contribution in [0.4, 0.5) is 0 Å². The second-order valence-corrected chi connectivity index (χ2v) is 10.8. The highest BCUT2D eigenvalue weighted by molar-refractivity contribution is 7.89. The molecule has 0 radical (unpaired) electrons. The molecule has 1 aromatic rings. The number of sulfonamides is 1. The maximum atomic E-state index is 12.9. The Balaban J connectivity index is 1.59. The van der Waals surface area contributed by atoms with Crippen LogP contribution < -0.4 is 9.83 Å². The Morgan fingerprint density at radius 2 is 1.63 bits per heavy atom. The van der Waals surface area contributed by atoms with Crippen molar-refractivity contribution in [2.45, 2.75) is 69.2 Å². The van der Waals surface area contributed by atoms with Crippen molar-refractivity contribution in [3.05, 3.63) is 29.8 Å². The van der Waals surface area contributed by atoms with E-state index in [-0.39, 0.29) is 4.90 Å². The van der Waals surface area contributed by atoms with Crippen LogP contribution in [0.2, 0.25) is 0 Å². The molecule has 4 fully saturated rings. The van der Waals surface area contributed by atoms with E-state index in [1.807, 2.05) is 0 Å². The first-order valence-corrected chi connectivity index (χ1v) is 11.6. The largest absolute Gasteiger partial charge is 0.548 e. The Labute approximate surface area is 161 Å². The molecule has 0 heterocycles. The van der Waals surface area contributed by atoms with Gasteiger partial charge in [-0.15, -0.1) is 0 Å². The van der Waals surface area contributed by atoms with E-state index in [2.05, 4.69) is 11.6 Å². The molecule has 4 bridgehead atoms. The molecule has 0 saturated heterocycles. The van der Waals surface area contributed by atoms with Gasteiger partial charge in [0, 0.05) is 0 Å². The summed E-state index contributed by atoms with van der Waals surface area (Å²) in [6.07, 6.45) is 7.80. The van der Waals surface area contributed by atoms with Crippen molar-refractivity contribution in [1.82, 2.24) is 4.72 Å². The molecule has 0 amide bonds. The molecule has 0 aliphatic heterocycles. The number of aliphatic carboxylic acids is 1. The van der Waals surface area contributed by atoms with Crippen LogP contribution in [0.15, 0.2) is 29.2 Å². The summed E-state index contributed by atoms with van der Waals surface area (Å²) in [5, 5.41) is 12.0. The van der Waals surface area contributed by atoms with Gasteiger partial charge >= 0.3 is 0 Å². The monoisotopic (exact) mass is 390 g/mol. The van der Waals surface area contributed by atoms with Gasteiger partial charge in [-0.2, -0.15) is 0 Å². The van der Waals surface area contributed by atoms with Crippen molar-refractivity contribution in [3.63, 3.8) is 0 Å². The maximum absolute atomic E-state index is 12.9. The quantitative estimate of drug-likeness (QED) is 0.774. The van der Waals surface area contributed by atoms with Crippen LogP contribution in [-0.2, 0) is 21.2 Å². The number of nitrogens with one attached hydrogen (secondary N) is 1. The summed E-state index contributed by atoms with van der Waals surface area (Å²) in [7, 11) is -3.90. The van der Waals surface area contributed by atoms with Crippen LogP contribution in [-0.4, -0.2) is 20.4 Å². The molecule has 27 heavy (non-hydrogen) atoms. The van der Waals surface area contributed by atoms with Gasteiger partial charge in [-0.25, -0.2) is 13.1 Å². The average molecular weight is 391 g/mol. The first-order valence-electron chi connectivity index (χ1n) is 10.1. The van der Waals surface area contributed by atoms with Gasteiger partial charge < -0.3 is 9.90 Å². The maximum Gasteiger partial charge on any atom is 0.241 e. The molecule has 0 spiro atoms. The summed E-state index contributed by atoms with van der Waals surface area (Å²) in [6, 6.07) is 5.60. The van der Waals surface area contributed by atoms with Crippen molar-refractivity contribution in [1.29, 1.82) is 0 Å². The lowest BCUT2D eigenvalue weighted by molar-refractivity contribution is -0.313. The van der Waals surface area contributed by atoms with Gasteiger partial charge in [-0.05, 0) is 85.8 Å². The van der Waals surface area contributed by atoms with Gasteiger partial charge in [-0.1, -0.05) is 25.5 Å². The van der Waals surface area contributed by atoms with Crippen molar-refractivity contribution < 1.29 is 18.3 Å². The van der Waals surface area contributed by atoms with Crippen molar-refractivity contribution in [2.75, 3.05) is 0 Å². The molecule has 1 aromatic carbocycles. The highest BCUT2D eigenvalue weighted by Crippen LogP contribution is 2.61. The van der Waals surface area contributed by atoms with E-state index in [1.165, 1.54) is 19.3 Å². The number of carbonyl (C=O) groups excluding carboxylic acids is 1. The van der Waals surface area contributed by atoms with Crippen LogP contribution in [0.5, 0.6) is 0 Å². The predicted octanol–water partition coefficient (Wildman–Crippen LogP) is 2.25. The Morgan fingerprint density at radius 1 is 1.11 bits per heavy atom. The Kier molecular flexibility index (Phi) is 4.83. The lowest BCUT2D eigenvalue weighted by atomic mass is 9.48. The highest BCUT2D eigenvalue weighted by atomic mass is 32.2. The summed E-state index contributed by atoms with van der Waals surface area (Å²) in [5.74, 6) is 0.325. The van der Waals surface area contributed by atoms with Gasteiger partial charge in [0.2, 0.25) is 10.0 Å². The van der Waals surface area contributed by atoms with Crippen molar-refractivity contribution in [2.24, 2.45) is 23.2 Å². The van der Waals surface area contributed by atoms with Crippen LogP contribution >= 0.6 is 0 Å². The fraction of sp³-hybridized carbons (Fsp3) is 0.667. The number of hydrogen-bond acceptors (Lipinski definition) is 4. The minimum absolute atomic E-state index is 0.123. The standard InChI is InChI=1S/C21H29NO4S/c1-2-3-14-4-6-18(7-5-14)27(25,26)22-19(20(23)24)21-11-15-8-16(12-21)10-17(9-15)13-21/h4-7,15-17,19,22H,2-3,8-13H2,1H3,(H,23,24)/p-1/t15?,16?,17?,19-,21?/m0/s1. The minimum Gasteiger partial charge on any atom is -0.548 e. The van der Waals surface area contributed by atoms with Crippen molar-refractivity contribution >= 4 is 16.0 Å². The Morgan fingerprint density at radius 3 is 2.07 bits per heavy atom. The number of rotatable bonds is 7. The third kappa shape index (κ3) is 3.54. The molecule has 4 saturated carbocycles. The fourth-order valence-electron chi connectivity index (χ4n) is 6.30. The molecule has 1 atom stereocenters. The summed E-state index contributed by atoms with van der Waals surface area (Å²) in [5.41, 5.74) is 0.594. The van der Waals surface area contributed by atoms with E-state index in [0.29, 0.717) is 17.8 Å².